The highest BCUT2D eigenvalue weighted by Gasteiger charge is 2.38. The SMILES string of the molecule is CCn1c(N2CCCC2)c(C=C2SC(=S)N(c3c(C)n(C)n(-c4ccccc4)c3=O)C2=O)c(C)c(C#N)c1=O. The van der Waals surface area contributed by atoms with Crippen molar-refractivity contribution in [2.24, 2.45) is 7.05 Å². The fourth-order valence-electron chi connectivity index (χ4n) is 5.31. The molecule has 200 valence electrons. The lowest BCUT2D eigenvalue weighted by atomic mass is 10.0. The Bertz CT molecular complexity index is 1700. The Hall–Kier alpha value is -3.88. The van der Waals surface area contributed by atoms with Crippen LogP contribution in [-0.4, -0.2) is 37.2 Å². The first-order valence-corrected chi connectivity index (χ1v) is 14.0. The third-order valence-corrected chi connectivity index (χ3v) is 8.69. The number of thiocarbonyl (C=S) groups is 1. The number of hydrogen-bond acceptors (Lipinski definition) is 7. The van der Waals surface area contributed by atoms with Crippen molar-refractivity contribution in [1.82, 2.24) is 13.9 Å². The van der Waals surface area contributed by atoms with Crippen LogP contribution in [0.1, 0.15) is 42.1 Å². The summed E-state index contributed by atoms with van der Waals surface area (Å²) in [4.78, 5) is 44.4. The van der Waals surface area contributed by atoms with Crippen molar-refractivity contribution in [3.8, 4) is 11.8 Å². The van der Waals surface area contributed by atoms with Crippen molar-refractivity contribution in [2.45, 2.75) is 40.2 Å². The molecular weight excluding hydrogens is 532 g/mol. The van der Waals surface area contributed by atoms with E-state index in [2.05, 4.69) is 11.0 Å². The average molecular weight is 561 g/mol. The first-order chi connectivity index (χ1) is 18.7. The lowest BCUT2D eigenvalue weighted by molar-refractivity contribution is -0.113. The lowest BCUT2D eigenvalue weighted by Crippen LogP contribution is -2.33. The van der Waals surface area contributed by atoms with Gasteiger partial charge in [0, 0.05) is 32.2 Å². The topological polar surface area (TPSA) is 96.3 Å². The molecule has 3 aromatic rings. The predicted molar refractivity (Wildman–Crippen MR) is 159 cm³/mol. The maximum atomic E-state index is 13.8. The Balaban J connectivity index is 1.66. The van der Waals surface area contributed by atoms with Gasteiger partial charge in [0.2, 0.25) is 0 Å². The fraction of sp³-hybridized carbons (Fsp3) is 0.321. The smallest absolute Gasteiger partial charge is 0.296 e. The molecule has 0 radical (unpaired) electrons. The minimum Gasteiger partial charge on any atom is -0.357 e. The van der Waals surface area contributed by atoms with Gasteiger partial charge >= 0.3 is 0 Å². The molecular formula is C28H28N6O3S2. The second-order valence-electron chi connectivity index (χ2n) is 9.52. The van der Waals surface area contributed by atoms with Gasteiger partial charge in [0.15, 0.2) is 4.32 Å². The highest BCUT2D eigenvalue weighted by atomic mass is 32.2. The molecule has 0 unspecified atom stereocenters. The van der Waals surface area contributed by atoms with Crippen LogP contribution in [-0.2, 0) is 18.4 Å². The molecule has 0 saturated carbocycles. The van der Waals surface area contributed by atoms with Gasteiger partial charge in [0.05, 0.1) is 16.3 Å². The molecule has 2 aliphatic heterocycles. The average Bonchev–Trinajstić information content (AvgIpc) is 3.60. The Kier molecular flexibility index (Phi) is 7.09. The number of nitrogens with zero attached hydrogens (tertiary/aromatic N) is 6. The number of aromatic nitrogens is 3. The molecule has 2 saturated heterocycles. The molecule has 0 N–H and O–H groups in total. The molecule has 0 spiro atoms. The molecule has 2 aromatic heterocycles. The molecule has 11 heteroatoms. The predicted octanol–water partition coefficient (Wildman–Crippen LogP) is 3.85. The summed E-state index contributed by atoms with van der Waals surface area (Å²) in [6.45, 7) is 7.36. The first-order valence-electron chi connectivity index (χ1n) is 12.8. The largest absolute Gasteiger partial charge is 0.357 e. The lowest BCUT2D eigenvalue weighted by Gasteiger charge is -2.26. The first kappa shape index (κ1) is 26.7. The van der Waals surface area contributed by atoms with Gasteiger partial charge in [-0.2, -0.15) is 5.26 Å². The van der Waals surface area contributed by atoms with Crippen molar-refractivity contribution in [3.63, 3.8) is 0 Å². The zero-order valence-electron chi connectivity index (χ0n) is 22.2. The number of para-hydroxylation sites is 1. The number of amides is 1. The minimum absolute atomic E-state index is 0.0613. The van der Waals surface area contributed by atoms with Gasteiger partial charge in [-0.3, -0.25) is 28.5 Å². The molecule has 9 nitrogen and oxygen atoms in total. The summed E-state index contributed by atoms with van der Waals surface area (Å²) in [5, 5.41) is 9.79. The van der Waals surface area contributed by atoms with Gasteiger partial charge < -0.3 is 4.90 Å². The quantitative estimate of drug-likeness (QED) is 0.346. The Labute approximate surface area is 235 Å². The maximum Gasteiger partial charge on any atom is 0.296 e. The van der Waals surface area contributed by atoms with E-state index in [1.807, 2.05) is 37.3 Å². The summed E-state index contributed by atoms with van der Waals surface area (Å²) < 4.78 is 5.09. The van der Waals surface area contributed by atoms with Crippen LogP contribution in [0.5, 0.6) is 0 Å². The molecule has 5 rings (SSSR count). The fourth-order valence-corrected chi connectivity index (χ4v) is 6.56. The van der Waals surface area contributed by atoms with Crippen molar-refractivity contribution < 1.29 is 4.79 Å². The van der Waals surface area contributed by atoms with Gasteiger partial charge in [-0.05, 0) is 57.4 Å². The number of carbonyl (C=O) groups is 1. The highest BCUT2D eigenvalue weighted by molar-refractivity contribution is 8.27. The molecule has 39 heavy (non-hydrogen) atoms. The zero-order chi connectivity index (χ0) is 28.0. The molecule has 2 fully saturated rings. The van der Waals surface area contributed by atoms with Crippen LogP contribution in [0.2, 0.25) is 0 Å². The van der Waals surface area contributed by atoms with E-state index in [9.17, 15) is 19.6 Å². The number of carbonyl (C=O) groups excluding carboxylic acids is 1. The number of benzene rings is 1. The van der Waals surface area contributed by atoms with Crippen LogP contribution >= 0.6 is 24.0 Å². The van der Waals surface area contributed by atoms with E-state index < -0.39 is 5.91 Å². The second-order valence-corrected chi connectivity index (χ2v) is 11.2. The van der Waals surface area contributed by atoms with Gasteiger partial charge in [-0.15, -0.1) is 0 Å². The highest BCUT2D eigenvalue weighted by Crippen LogP contribution is 2.39. The van der Waals surface area contributed by atoms with Crippen molar-refractivity contribution in [1.29, 1.82) is 5.26 Å². The molecule has 2 aliphatic rings. The zero-order valence-corrected chi connectivity index (χ0v) is 23.9. The summed E-state index contributed by atoms with van der Waals surface area (Å²) >= 11 is 6.74. The molecule has 4 heterocycles. The van der Waals surface area contributed by atoms with Gasteiger partial charge in [0.1, 0.15) is 23.1 Å². The van der Waals surface area contributed by atoms with E-state index in [1.165, 1.54) is 9.58 Å². The van der Waals surface area contributed by atoms with Crippen LogP contribution in [0.4, 0.5) is 11.5 Å². The maximum absolute atomic E-state index is 13.8. The summed E-state index contributed by atoms with van der Waals surface area (Å²) in [6, 6.07) is 11.3. The van der Waals surface area contributed by atoms with Crippen molar-refractivity contribution >= 4 is 51.8 Å². The number of pyridine rings is 1. The normalized spacial score (nSPS) is 16.5. The van der Waals surface area contributed by atoms with Gasteiger partial charge in [-0.25, -0.2) is 4.68 Å². The van der Waals surface area contributed by atoms with E-state index in [0.717, 1.165) is 37.7 Å². The molecule has 1 amide bonds. The van der Waals surface area contributed by atoms with Crippen LogP contribution < -0.4 is 20.9 Å². The number of rotatable bonds is 5. The molecule has 0 atom stereocenters. The van der Waals surface area contributed by atoms with E-state index in [0.29, 0.717) is 39.8 Å². The van der Waals surface area contributed by atoms with Crippen LogP contribution in [0, 0.1) is 25.2 Å². The molecule has 0 aliphatic carbocycles. The van der Waals surface area contributed by atoms with E-state index >= 15 is 0 Å². The number of thioether (sulfide) groups is 1. The van der Waals surface area contributed by atoms with Crippen LogP contribution in [0.15, 0.2) is 44.8 Å². The Morgan fingerprint density at radius 2 is 1.74 bits per heavy atom. The standard InChI is InChI=1S/C28H28N6O3S2/c1-5-32-24(31-13-9-10-14-31)20(17(2)21(16-29)25(32)35)15-22-26(36)33(28(38)39-22)23-18(3)30(4)34(27(23)37)19-11-7-6-8-12-19/h6-8,11-12,15H,5,9-10,13-14H2,1-4H3. The third kappa shape index (κ3) is 4.24. The number of anilines is 2. The van der Waals surface area contributed by atoms with E-state index in [4.69, 9.17) is 12.2 Å². The summed E-state index contributed by atoms with van der Waals surface area (Å²) in [6.07, 6.45) is 3.72. The Morgan fingerprint density at radius 3 is 2.36 bits per heavy atom. The monoisotopic (exact) mass is 560 g/mol. The van der Waals surface area contributed by atoms with Crippen LogP contribution in [0.3, 0.4) is 0 Å². The number of hydrogen-bond donors (Lipinski definition) is 0. The Morgan fingerprint density at radius 1 is 1.08 bits per heavy atom. The minimum atomic E-state index is -0.407. The third-order valence-electron chi connectivity index (χ3n) is 7.38. The summed E-state index contributed by atoms with van der Waals surface area (Å²) in [7, 11) is 1.77. The van der Waals surface area contributed by atoms with E-state index in [-0.39, 0.29) is 26.7 Å². The van der Waals surface area contributed by atoms with Gasteiger partial charge in [0.25, 0.3) is 17.0 Å². The number of nitriles is 1. The van der Waals surface area contributed by atoms with E-state index in [1.54, 1.807) is 36.2 Å². The summed E-state index contributed by atoms with van der Waals surface area (Å²) in [5.74, 6) is 0.305. The molecule has 0 bridgehead atoms. The second kappa shape index (κ2) is 10.4. The van der Waals surface area contributed by atoms with Crippen LogP contribution in [0.25, 0.3) is 11.8 Å². The summed E-state index contributed by atoms with van der Waals surface area (Å²) in [5.41, 5.74) is 2.05. The van der Waals surface area contributed by atoms with Crippen molar-refractivity contribution in [3.05, 3.63) is 78.3 Å². The molecule has 1 aromatic carbocycles. The van der Waals surface area contributed by atoms with Crippen molar-refractivity contribution in [2.75, 3.05) is 22.9 Å². The van der Waals surface area contributed by atoms with Gasteiger partial charge in [-0.1, -0.05) is 42.2 Å².